The van der Waals surface area contributed by atoms with Gasteiger partial charge in [0.05, 0.1) is 0 Å². The van der Waals surface area contributed by atoms with Crippen molar-refractivity contribution in [2.45, 2.75) is 26.1 Å². The molecular formula is C12H16O4. The van der Waals surface area contributed by atoms with Gasteiger partial charge >= 0.3 is 0 Å². The molecule has 1 aliphatic carbocycles. The van der Waals surface area contributed by atoms with E-state index in [1.165, 1.54) is 13.0 Å². The fourth-order valence-corrected chi connectivity index (χ4v) is 1.90. The summed E-state index contributed by atoms with van der Waals surface area (Å²) in [6.07, 6.45) is 3.78. The second-order valence-corrected chi connectivity index (χ2v) is 3.94. The Hall–Kier alpha value is -1.26. The summed E-state index contributed by atoms with van der Waals surface area (Å²) in [5, 5.41) is 19.4. The van der Waals surface area contributed by atoms with Crippen molar-refractivity contribution in [3.8, 4) is 0 Å². The maximum absolute atomic E-state index is 11.3. The molecule has 4 atom stereocenters. The molecule has 1 aliphatic rings. The minimum atomic E-state index is -1.31. The van der Waals surface area contributed by atoms with Crippen molar-refractivity contribution in [3.05, 3.63) is 24.3 Å². The van der Waals surface area contributed by atoms with Crippen LogP contribution >= 0.6 is 0 Å². The molecular weight excluding hydrogens is 208 g/mol. The van der Waals surface area contributed by atoms with Crippen molar-refractivity contribution in [1.82, 2.24) is 0 Å². The van der Waals surface area contributed by atoms with Crippen molar-refractivity contribution in [2.24, 2.45) is 11.8 Å². The second-order valence-electron chi connectivity index (χ2n) is 3.94. The number of allylic oxidation sites excluding steroid dienone is 3. The van der Waals surface area contributed by atoms with E-state index in [0.29, 0.717) is 0 Å². The standard InChI is InChI=1S/C12H16O4/c1-3-4-8-5-6-9(14)12(16)10(8)11(15)7(2)13/h3-6,8,10-12,15-16H,1-2H3. The van der Waals surface area contributed by atoms with Crippen LogP contribution in [0.3, 0.4) is 0 Å². The van der Waals surface area contributed by atoms with Crippen LogP contribution < -0.4 is 0 Å². The number of aliphatic hydroxyl groups is 2. The molecule has 4 heteroatoms. The first-order chi connectivity index (χ1) is 7.49. The van der Waals surface area contributed by atoms with E-state index in [9.17, 15) is 19.8 Å². The first-order valence-electron chi connectivity index (χ1n) is 5.20. The highest BCUT2D eigenvalue weighted by atomic mass is 16.3. The van der Waals surface area contributed by atoms with E-state index in [0.717, 1.165) is 0 Å². The van der Waals surface area contributed by atoms with Crippen LogP contribution in [0.1, 0.15) is 13.8 Å². The zero-order valence-corrected chi connectivity index (χ0v) is 9.33. The average Bonchev–Trinajstić information content (AvgIpc) is 2.23. The van der Waals surface area contributed by atoms with Gasteiger partial charge in [0.2, 0.25) is 0 Å². The van der Waals surface area contributed by atoms with Crippen LogP contribution in [0.5, 0.6) is 0 Å². The highest BCUT2D eigenvalue weighted by Crippen LogP contribution is 2.28. The molecule has 0 heterocycles. The maximum atomic E-state index is 11.3. The van der Waals surface area contributed by atoms with Crippen LogP contribution in [0.25, 0.3) is 0 Å². The Morgan fingerprint density at radius 2 is 2.19 bits per heavy atom. The summed E-state index contributed by atoms with van der Waals surface area (Å²) in [4.78, 5) is 22.4. The topological polar surface area (TPSA) is 74.6 Å². The predicted octanol–water partition coefficient (Wildman–Crippen LogP) is 0.245. The Morgan fingerprint density at radius 1 is 1.56 bits per heavy atom. The van der Waals surface area contributed by atoms with Crippen LogP contribution in [0, 0.1) is 11.8 Å². The van der Waals surface area contributed by atoms with Gasteiger partial charge in [-0.25, -0.2) is 0 Å². The summed E-state index contributed by atoms with van der Waals surface area (Å²) in [5.74, 6) is -1.99. The molecule has 4 nitrogen and oxygen atoms in total. The quantitative estimate of drug-likeness (QED) is 0.674. The van der Waals surface area contributed by atoms with E-state index in [2.05, 4.69) is 0 Å². The molecule has 16 heavy (non-hydrogen) atoms. The van der Waals surface area contributed by atoms with Gasteiger partial charge in [0.1, 0.15) is 12.2 Å². The molecule has 0 aromatic carbocycles. The molecule has 0 aliphatic heterocycles. The Balaban J connectivity index is 3.03. The minimum Gasteiger partial charge on any atom is -0.385 e. The van der Waals surface area contributed by atoms with E-state index in [1.54, 1.807) is 25.2 Å². The summed E-state index contributed by atoms with van der Waals surface area (Å²) in [5.41, 5.74) is 0. The van der Waals surface area contributed by atoms with Gasteiger partial charge in [-0.3, -0.25) is 9.59 Å². The molecule has 1 rings (SSSR count). The summed E-state index contributed by atoms with van der Waals surface area (Å²) >= 11 is 0. The fourth-order valence-electron chi connectivity index (χ4n) is 1.90. The molecule has 0 spiro atoms. The Morgan fingerprint density at radius 3 is 2.69 bits per heavy atom. The summed E-state index contributed by atoms with van der Waals surface area (Å²) in [6, 6.07) is 0. The molecule has 0 fully saturated rings. The van der Waals surface area contributed by atoms with Crippen molar-refractivity contribution in [3.63, 3.8) is 0 Å². The number of carbonyl (C=O) groups excluding carboxylic acids is 2. The van der Waals surface area contributed by atoms with E-state index in [1.807, 2.05) is 0 Å². The van der Waals surface area contributed by atoms with Crippen LogP contribution in [0.4, 0.5) is 0 Å². The van der Waals surface area contributed by atoms with Crippen LogP contribution in [0.15, 0.2) is 24.3 Å². The number of aliphatic hydroxyl groups excluding tert-OH is 2. The smallest absolute Gasteiger partial charge is 0.184 e. The molecule has 0 aromatic heterocycles. The molecule has 0 amide bonds. The SMILES string of the molecule is CC=CC1C=CC(=O)C(O)C1C(O)C(C)=O. The molecule has 88 valence electrons. The van der Waals surface area contributed by atoms with Crippen LogP contribution in [-0.2, 0) is 9.59 Å². The lowest BCUT2D eigenvalue weighted by Crippen LogP contribution is -2.45. The number of Topliss-reactive ketones (excluding diaryl/α,β-unsaturated/α-hetero) is 1. The van der Waals surface area contributed by atoms with Crippen molar-refractivity contribution >= 4 is 11.6 Å². The number of hydrogen-bond acceptors (Lipinski definition) is 4. The molecule has 4 unspecified atom stereocenters. The van der Waals surface area contributed by atoms with Gasteiger partial charge < -0.3 is 10.2 Å². The zero-order valence-electron chi connectivity index (χ0n) is 9.33. The highest BCUT2D eigenvalue weighted by molar-refractivity contribution is 5.95. The van der Waals surface area contributed by atoms with E-state index >= 15 is 0 Å². The number of hydrogen-bond donors (Lipinski definition) is 2. The van der Waals surface area contributed by atoms with Crippen molar-refractivity contribution in [2.75, 3.05) is 0 Å². The Kier molecular flexibility index (Phi) is 4.15. The van der Waals surface area contributed by atoms with Crippen molar-refractivity contribution in [1.29, 1.82) is 0 Å². The molecule has 0 radical (unpaired) electrons. The molecule has 0 saturated carbocycles. The van der Waals surface area contributed by atoms with Gasteiger partial charge in [0.15, 0.2) is 11.6 Å². The lowest BCUT2D eigenvalue weighted by molar-refractivity contribution is -0.137. The third kappa shape index (κ3) is 2.46. The minimum absolute atomic E-state index is 0.295. The van der Waals surface area contributed by atoms with Gasteiger partial charge in [-0.2, -0.15) is 0 Å². The molecule has 0 aromatic rings. The van der Waals surface area contributed by atoms with Crippen LogP contribution in [-0.4, -0.2) is 34.0 Å². The van der Waals surface area contributed by atoms with Gasteiger partial charge in [-0.15, -0.1) is 0 Å². The molecule has 0 bridgehead atoms. The van der Waals surface area contributed by atoms with E-state index in [-0.39, 0.29) is 5.92 Å². The number of rotatable bonds is 3. The first-order valence-corrected chi connectivity index (χ1v) is 5.20. The second kappa shape index (κ2) is 5.18. The van der Waals surface area contributed by atoms with Gasteiger partial charge in [0.25, 0.3) is 0 Å². The summed E-state index contributed by atoms with van der Waals surface area (Å²) in [7, 11) is 0. The fraction of sp³-hybridized carbons (Fsp3) is 0.500. The third-order valence-corrected chi connectivity index (χ3v) is 2.78. The summed E-state index contributed by atoms with van der Waals surface area (Å²) in [6.45, 7) is 3.04. The average molecular weight is 224 g/mol. The van der Waals surface area contributed by atoms with E-state index < -0.39 is 29.7 Å². The summed E-state index contributed by atoms with van der Waals surface area (Å²) < 4.78 is 0. The largest absolute Gasteiger partial charge is 0.385 e. The number of ketones is 2. The number of carbonyl (C=O) groups is 2. The Bertz CT molecular complexity index is 343. The molecule has 0 saturated heterocycles. The van der Waals surface area contributed by atoms with Crippen molar-refractivity contribution < 1.29 is 19.8 Å². The predicted molar refractivity (Wildman–Crippen MR) is 58.6 cm³/mol. The third-order valence-electron chi connectivity index (χ3n) is 2.78. The monoisotopic (exact) mass is 224 g/mol. The maximum Gasteiger partial charge on any atom is 0.184 e. The highest BCUT2D eigenvalue weighted by Gasteiger charge is 2.39. The van der Waals surface area contributed by atoms with Gasteiger partial charge in [-0.05, 0) is 19.9 Å². The lowest BCUT2D eigenvalue weighted by Gasteiger charge is -2.31. The normalized spacial score (nSPS) is 32.0. The lowest BCUT2D eigenvalue weighted by atomic mass is 9.76. The van der Waals surface area contributed by atoms with Gasteiger partial charge in [0, 0.05) is 11.8 Å². The first kappa shape index (κ1) is 12.8. The van der Waals surface area contributed by atoms with E-state index in [4.69, 9.17) is 0 Å². The van der Waals surface area contributed by atoms with Gasteiger partial charge in [-0.1, -0.05) is 18.2 Å². The van der Waals surface area contributed by atoms with Crippen LogP contribution in [0.2, 0.25) is 0 Å². The molecule has 2 N–H and O–H groups in total. The Labute approximate surface area is 94.3 Å². The zero-order chi connectivity index (χ0) is 12.3.